The molecule has 1 aromatic carbocycles. The van der Waals surface area contributed by atoms with Gasteiger partial charge < -0.3 is 5.73 Å². The van der Waals surface area contributed by atoms with Crippen molar-refractivity contribution in [1.29, 1.82) is 0 Å². The number of fused-ring (bicyclic) bond motifs is 1. The lowest BCUT2D eigenvalue weighted by Gasteiger charge is -2.50. The van der Waals surface area contributed by atoms with Gasteiger partial charge in [0.25, 0.3) is 0 Å². The molecule has 1 aromatic rings. The number of likely N-dealkylation sites (N-methyl/N-ethyl adjacent to an activating group) is 1. The van der Waals surface area contributed by atoms with Gasteiger partial charge in [-0.1, -0.05) is 24.6 Å². The molecular weight excluding hydrogens is 272 g/mol. The number of sulfone groups is 1. The van der Waals surface area contributed by atoms with E-state index in [1.165, 1.54) is 19.3 Å². The lowest BCUT2D eigenvalue weighted by atomic mass is 9.80. The summed E-state index contributed by atoms with van der Waals surface area (Å²) in [6.45, 7) is 0.465. The topological polar surface area (TPSA) is 63.4 Å². The Morgan fingerprint density at radius 3 is 2.65 bits per heavy atom. The monoisotopic (exact) mass is 294 g/mol. The van der Waals surface area contributed by atoms with Crippen LogP contribution in [-0.4, -0.2) is 38.7 Å². The smallest absolute Gasteiger partial charge is 0.178 e. The minimum atomic E-state index is -3.15. The van der Waals surface area contributed by atoms with Crippen LogP contribution in [0.3, 0.4) is 0 Å². The van der Waals surface area contributed by atoms with Crippen molar-refractivity contribution in [3.05, 3.63) is 29.8 Å². The first-order chi connectivity index (χ1) is 9.51. The van der Waals surface area contributed by atoms with Gasteiger partial charge in [0.1, 0.15) is 0 Å². The van der Waals surface area contributed by atoms with Crippen molar-refractivity contribution in [2.75, 3.05) is 19.3 Å². The third-order valence-electron chi connectivity index (χ3n) is 5.14. The molecule has 1 fully saturated rings. The Morgan fingerprint density at radius 2 is 2.05 bits per heavy atom. The quantitative estimate of drug-likeness (QED) is 0.917. The zero-order valence-electron chi connectivity index (χ0n) is 11.9. The molecular formula is C15H22N2O2S. The first kappa shape index (κ1) is 14.0. The molecule has 1 unspecified atom stereocenters. The minimum Gasteiger partial charge on any atom is -0.328 e. The molecule has 1 heterocycles. The van der Waals surface area contributed by atoms with Crippen LogP contribution >= 0.6 is 0 Å². The number of nitrogens with zero attached hydrogens (tertiary/aromatic N) is 1. The first-order valence-electron chi connectivity index (χ1n) is 7.26. The Hall–Kier alpha value is -0.910. The summed E-state index contributed by atoms with van der Waals surface area (Å²) < 4.78 is 24.6. The molecule has 4 nitrogen and oxygen atoms in total. The highest BCUT2D eigenvalue weighted by atomic mass is 32.2. The van der Waals surface area contributed by atoms with Crippen LogP contribution in [0.15, 0.2) is 29.2 Å². The fourth-order valence-electron chi connectivity index (χ4n) is 3.52. The summed E-state index contributed by atoms with van der Waals surface area (Å²) in [6.07, 6.45) is 4.23. The molecule has 20 heavy (non-hydrogen) atoms. The second-order valence-corrected chi connectivity index (χ2v) is 8.07. The summed E-state index contributed by atoms with van der Waals surface area (Å²) in [7, 11) is -1.05. The van der Waals surface area contributed by atoms with Gasteiger partial charge in [-0.25, -0.2) is 8.42 Å². The molecule has 0 spiro atoms. The highest BCUT2D eigenvalue weighted by molar-refractivity contribution is 7.91. The van der Waals surface area contributed by atoms with Gasteiger partial charge >= 0.3 is 0 Å². The van der Waals surface area contributed by atoms with Crippen LogP contribution < -0.4 is 5.73 Å². The van der Waals surface area contributed by atoms with Crippen molar-refractivity contribution >= 4 is 9.84 Å². The molecule has 3 rings (SSSR count). The lowest BCUT2D eigenvalue weighted by molar-refractivity contribution is 0.0293. The van der Waals surface area contributed by atoms with Gasteiger partial charge in [0.2, 0.25) is 0 Å². The van der Waals surface area contributed by atoms with Crippen molar-refractivity contribution in [2.24, 2.45) is 5.73 Å². The average Bonchev–Trinajstić information content (AvgIpc) is 2.38. The average molecular weight is 294 g/mol. The Balaban J connectivity index is 2.12. The fourth-order valence-corrected chi connectivity index (χ4v) is 5.22. The van der Waals surface area contributed by atoms with E-state index in [9.17, 15) is 8.42 Å². The van der Waals surface area contributed by atoms with E-state index in [-0.39, 0.29) is 11.3 Å². The number of nitrogens with two attached hydrogens (primary N) is 1. The molecule has 1 atom stereocenters. The van der Waals surface area contributed by atoms with Crippen LogP contribution in [0.5, 0.6) is 0 Å². The molecule has 1 aliphatic carbocycles. The molecule has 0 aromatic heterocycles. The van der Waals surface area contributed by atoms with Crippen molar-refractivity contribution in [3.8, 4) is 0 Å². The van der Waals surface area contributed by atoms with Gasteiger partial charge in [0.15, 0.2) is 9.84 Å². The maximum atomic E-state index is 12.3. The zero-order valence-corrected chi connectivity index (χ0v) is 12.7. The fraction of sp³-hybridized carbons (Fsp3) is 0.600. The molecule has 5 heteroatoms. The Labute approximate surface area is 120 Å². The van der Waals surface area contributed by atoms with E-state index in [1.54, 1.807) is 12.1 Å². The Bertz CT molecular complexity index is 610. The Kier molecular flexibility index (Phi) is 3.39. The summed E-state index contributed by atoms with van der Waals surface area (Å²) >= 11 is 0. The zero-order chi connectivity index (χ0) is 14.4. The third kappa shape index (κ3) is 1.91. The van der Waals surface area contributed by atoms with E-state index in [2.05, 4.69) is 11.9 Å². The highest BCUT2D eigenvalue weighted by Crippen LogP contribution is 2.43. The molecule has 0 bridgehead atoms. The van der Waals surface area contributed by atoms with Gasteiger partial charge in [-0.3, -0.25) is 4.90 Å². The van der Waals surface area contributed by atoms with E-state index < -0.39 is 9.84 Å². The molecule has 110 valence electrons. The summed E-state index contributed by atoms with van der Waals surface area (Å²) in [5.74, 6) is 0.193. The number of rotatable bonds is 3. The van der Waals surface area contributed by atoms with Gasteiger partial charge in [0.05, 0.1) is 16.2 Å². The molecule has 2 aliphatic rings. The van der Waals surface area contributed by atoms with Crippen molar-refractivity contribution in [1.82, 2.24) is 4.90 Å². The molecule has 2 N–H and O–H groups in total. The summed E-state index contributed by atoms with van der Waals surface area (Å²) in [5, 5.41) is 0. The van der Waals surface area contributed by atoms with E-state index >= 15 is 0 Å². The number of hydrogen-bond donors (Lipinski definition) is 1. The second-order valence-electron chi connectivity index (χ2n) is 6.00. The standard InChI is InChI=1S/C15H22N2O2S/c1-17(12-5-4-6-12)15(11-16)9-10-20(18,19)14-8-3-2-7-13(14)15/h2-3,7-8,12H,4-6,9-11,16H2,1H3. The lowest BCUT2D eigenvalue weighted by Crippen LogP contribution is -2.57. The van der Waals surface area contributed by atoms with Crippen LogP contribution in [0.2, 0.25) is 0 Å². The van der Waals surface area contributed by atoms with Crippen LogP contribution in [-0.2, 0) is 15.4 Å². The van der Waals surface area contributed by atoms with Crippen molar-refractivity contribution < 1.29 is 8.42 Å². The SMILES string of the molecule is CN(C1CCC1)C1(CN)CCS(=O)(=O)c2ccccc21. The summed E-state index contributed by atoms with van der Waals surface area (Å²) in [4.78, 5) is 2.81. The van der Waals surface area contributed by atoms with Gasteiger partial charge in [0, 0.05) is 12.6 Å². The summed E-state index contributed by atoms with van der Waals surface area (Å²) in [6, 6.07) is 7.91. The van der Waals surface area contributed by atoms with Crippen LogP contribution in [0.4, 0.5) is 0 Å². The third-order valence-corrected chi connectivity index (χ3v) is 6.91. The van der Waals surface area contributed by atoms with E-state index in [1.807, 2.05) is 12.1 Å². The molecule has 1 saturated carbocycles. The molecule has 1 aliphatic heterocycles. The number of benzene rings is 1. The van der Waals surface area contributed by atoms with Gasteiger partial charge in [-0.05, 0) is 37.9 Å². The minimum absolute atomic E-state index is 0.193. The van der Waals surface area contributed by atoms with Crippen LogP contribution in [0.25, 0.3) is 0 Å². The van der Waals surface area contributed by atoms with E-state index in [0.717, 1.165) is 5.56 Å². The van der Waals surface area contributed by atoms with Crippen molar-refractivity contribution in [2.45, 2.75) is 42.2 Å². The molecule has 0 amide bonds. The predicted octanol–water partition coefficient (Wildman–Crippen LogP) is 1.50. The molecule has 0 radical (unpaired) electrons. The van der Waals surface area contributed by atoms with Crippen molar-refractivity contribution in [3.63, 3.8) is 0 Å². The normalized spacial score (nSPS) is 28.9. The van der Waals surface area contributed by atoms with Crippen LogP contribution in [0.1, 0.15) is 31.2 Å². The highest BCUT2D eigenvalue weighted by Gasteiger charge is 2.46. The number of hydrogen-bond acceptors (Lipinski definition) is 4. The predicted molar refractivity (Wildman–Crippen MR) is 79.2 cm³/mol. The summed E-state index contributed by atoms with van der Waals surface area (Å²) in [5.41, 5.74) is 6.69. The first-order valence-corrected chi connectivity index (χ1v) is 8.92. The van der Waals surface area contributed by atoms with Gasteiger partial charge in [-0.15, -0.1) is 0 Å². The maximum absolute atomic E-state index is 12.3. The van der Waals surface area contributed by atoms with E-state index in [0.29, 0.717) is 23.9 Å². The van der Waals surface area contributed by atoms with E-state index in [4.69, 9.17) is 5.73 Å². The maximum Gasteiger partial charge on any atom is 0.178 e. The second kappa shape index (κ2) is 4.83. The Morgan fingerprint density at radius 1 is 1.35 bits per heavy atom. The largest absolute Gasteiger partial charge is 0.328 e. The van der Waals surface area contributed by atoms with Gasteiger partial charge in [-0.2, -0.15) is 0 Å². The molecule has 0 saturated heterocycles. The van der Waals surface area contributed by atoms with Crippen LogP contribution in [0, 0.1) is 0 Å².